The van der Waals surface area contributed by atoms with E-state index in [2.05, 4.69) is 22.4 Å². The molecule has 0 spiro atoms. The Hall–Kier alpha value is -3.04. The van der Waals surface area contributed by atoms with Crippen LogP contribution < -0.4 is 16.0 Å². The van der Waals surface area contributed by atoms with E-state index in [9.17, 15) is 15.3 Å². The van der Waals surface area contributed by atoms with Gasteiger partial charge in [-0.05, 0) is 29.1 Å². The summed E-state index contributed by atoms with van der Waals surface area (Å²) in [5, 5.41) is 24.9. The molecule has 0 aliphatic heterocycles. The molecule has 0 atom stereocenters. The minimum atomic E-state index is -0.201. The van der Waals surface area contributed by atoms with Crippen molar-refractivity contribution in [2.75, 3.05) is 11.5 Å². The number of thiophene rings is 1. The summed E-state index contributed by atoms with van der Waals surface area (Å²) in [6, 6.07) is 15.1. The fraction of sp³-hybridized carbons (Fsp3) is 0.100. The summed E-state index contributed by atoms with van der Waals surface area (Å²) in [5.41, 5.74) is 7.91. The van der Waals surface area contributed by atoms with Gasteiger partial charge < -0.3 is 5.32 Å². The lowest BCUT2D eigenvalue weighted by atomic mass is 10.0. The fourth-order valence-electron chi connectivity index (χ4n) is 2.66. The van der Waals surface area contributed by atoms with E-state index in [0.29, 0.717) is 27.7 Å². The van der Waals surface area contributed by atoms with Gasteiger partial charge in [0.05, 0.1) is 5.75 Å². The summed E-state index contributed by atoms with van der Waals surface area (Å²) in [6.07, 6.45) is 0. The highest BCUT2D eigenvalue weighted by Crippen LogP contribution is 2.35. The maximum atomic E-state index is 12.3. The Balaban J connectivity index is 1.78. The van der Waals surface area contributed by atoms with E-state index in [1.807, 2.05) is 29.6 Å². The number of amides is 1. The zero-order valence-electron chi connectivity index (χ0n) is 15.0. The van der Waals surface area contributed by atoms with E-state index in [4.69, 9.17) is 17.3 Å². The van der Waals surface area contributed by atoms with Crippen molar-refractivity contribution in [2.45, 2.75) is 11.6 Å². The van der Waals surface area contributed by atoms with Crippen molar-refractivity contribution < 1.29 is 9.78 Å². The van der Waals surface area contributed by atoms with Gasteiger partial charge in [0.1, 0.15) is 17.7 Å². The molecule has 1 amide bonds. The van der Waals surface area contributed by atoms with Crippen molar-refractivity contribution in [1.29, 1.82) is 10.5 Å². The number of nitrogens with two attached hydrogens (primary N) is 1. The van der Waals surface area contributed by atoms with Crippen LogP contribution in [0.25, 0.3) is 10.4 Å². The normalized spacial score (nSPS) is 10.2. The van der Waals surface area contributed by atoms with Gasteiger partial charge >= 0.3 is 0 Å². The molecule has 0 aliphatic carbocycles. The zero-order valence-corrected chi connectivity index (χ0v) is 17.4. The van der Waals surface area contributed by atoms with Gasteiger partial charge in [-0.2, -0.15) is 10.5 Å². The number of nitrogens with one attached hydrogen (secondary N) is 2. The number of pyridine rings is 1. The summed E-state index contributed by atoms with van der Waals surface area (Å²) in [4.78, 5) is 15.9. The van der Waals surface area contributed by atoms with Gasteiger partial charge in [0.25, 0.3) is 5.82 Å². The number of halogens is 1. The molecule has 0 bridgehead atoms. The number of benzene rings is 1. The van der Waals surface area contributed by atoms with Crippen molar-refractivity contribution >= 4 is 46.4 Å². The fourth-order valence-corrected chi connectivity index (χ4v) is 4.50. The molecule has 144 valence electrons. The minimum absolute atomic E-state index is 0.0843. The summed E-state index contributed by atoms with van der Waals surface area (Å²) in [7, 11) is 0. The van der Waals surface area contributed by atoms with Crippen LogP contribution in [0.15, 0.2) is 46.8 Å². The zero-order chi connectivity index (χ0) is 20.8. The highest BCUT2D eigenvalue weighted by atomic mass is 35.5. The molecule has 0 saturated carbocycles. The molecule has 3 rings (SSSR count). The molecule has 0 radical (unpaired) electrons. The Kier molecular flexibility index (Phi) is 6.73. The van der Waals surface area contributed by atoms with Crippen molar-refractivity contribution in [3.8, 4) is 22.6 Å². The van der Waals surface area contributed by atoms with Crippen LogP contribution in [0.4, 0.5) is 5.82 Å². The Morgan fingerprint density at radius 1 is 1.24 bits per heavy atom. The molecule has 6 nitrogen and oxygen atoms in total. The second kappa shape index (κ2) is 9.44. The molecule has 0 fully saturated rings. The third kappa shape index (κ3) is 4.87. The lowest BCUT2D eigenvalue weighted by Crippen LogP contribution is -2.26. The molecular weight excluding hydrogens is 426 g/mol. The highest BCUT2D eigenvalue weighted by Gasteiger charge is 2.24. The van der Waals surface area contributed by atoms with Gasteiger partial charge in [0.2, 0.25) is 5.91 Å². The molecule has 0 aliphatic rings. The molecule has 9 heteroatoms. The van der Waals surface area contributed by atoms with Crippen molar-refractivity contribution in [3.63, 3.8) is 0 Å². The molecule has 4 N–H and O–H groups in total. The van der Waals surface area contributed by atoms with Crippen LogP contribution in [0.1, 0.15) is 16.7 Å². The average molecular weight is 441 g/mol. The third-order valence-electron chi connectivity index (χ3n) is 3.96. The molecule has 3 aromatic rings. The minimum Gasteiger partial charge on any atom is -0.351 e. The molecule has 2 heterocycles. The van der Waals surface area contributed by atoms with E-state index in [1.54, 1.807) is 12.1 Å². The van der Waals surface area contributed by atoms with Crippen LogP contribution in [0, 0.1) is 22.7 Å². The summed E-state index contributed by atoms with van der Waals surface area (Å²) in [6.45, 7) is 0.352. The Morgan fingerprint density at radius 2 is 2.03 bits per heavy atom. The van der Waals surface area contributed by atoms with E-state index in [1.165, 1.54) is 11.3 Å². The van der Waals surface area contributed by atoms with E-state index in [0.717, 1.165) is 22.2 Å². The Bertz CT molecular complexity index is 1130. The molecule has 2 aromatic heterocycles. The Morgan fingerprint density at radius 3 is 2.69 bits per heavy atom. The third-order valence-corrected chi connectivity index (χ3v) is 6.09. The van der Waals surface area contributed by atoms with Gasteiger partial charge in [0.15, 0.2) is 10.6 Å². The average Bonchev–Trinajstić information content (AvgIpc) is 3.24. The van der Waals surface area contributed by atoms with Crippen LogP contribution >= 0.6 is 34.7 Å². The second-order valence-electron chi connectivity index (χ2n) is 5.89. The number of anilines is 1. The van der Waals surface area contributed by atoms with Gasteiger partial charge in [-0.1, -0.05) is 41.6 Å². The highest BCUT2D eigenvalue weighted by molar-refractivity contribution is 7.99. The number of thioether (sulfide) groups is 1. The number of nitrogens with zero attached hydrogens (tertiary/aromatic N) is 2. The van der Waals surface area contributed by atoms with Crippen LogP contribution in [0.5, 0.6) is 0 Å². The first kappa shape index (κ1) is 20.7. The maximum absolute atomic E-state index is 12.3. The number of H-pyrrole nitrogens is 1. The molecule has 29 heavy (non-hydrogen) atoms. The lowest BCUT2D eigenvalue weighted by molar-refractivity contribution is -0.410. The number of rotatable bonds is 6. The summed E-state index contributed by atoms with van der Waals surface area (Å²) < 4.78 is 0. The van der Waals surface area contributed by atoms with Crippen molar-refractivity contribution in [2.24, 2.45) is 0 Å². The number of carbonyl (C=O) groups is 1. The van der Waals surface area contributed by atoms with E-state index >= 15 is 0 Å². The van der Waals surface area contributed by atoms with Gasteiger partial charge in [-0.15, -0.1) is 11.3 Å². The van der Waals surface area contributed by atoms with Crippen LogP contribution in [-0.4, -0.2) is 11.7 Å². The first-order valence-corrected chi connectivity index (χ1v) is 10.6. The number of hydrogen-bond donors (Lipinski definition) is 2. The molecule has 0 unspecified atom stereocenters. The number of carbonyl (C=O) groups excluding carboxylic acids is 1. The first-order valence-electron chi connectivity index (χ1n) is 8.40. The van der Waals surface area contributed by atoms with Gasteiger partial charge in [0, 0.05) is 22.0 Å². The van der Waals surface area contributed by atoms with Gasteiger partial charge in [-0.25, -0.2) is 4.98 Å². The first-order chi connectivity index (χ1) is 14.0. The van der Waals surface area contributed by atoms with Crippen LogP contribution in [0.3, 0.4) is 0 Å². The van der Waals surface area contributed by atoms with E-state index < -0.39 is 0 Å². The molecular formula is C20H15ClN5OS2+. The van der Waals surface area contributed by atoms with E-state index in [-0.39, 0.29) is 23.0 Å². The molecule has 1 aromatic carbocycles. The SMILES string of the molecule is N#Cc1c(N)[nH+]c(SCC(=O)NCc2cccc(Cl)c2)c(C#N)c1-c1cccs1. The number of aromatic nitrogens is 1. The summed E-state index contributed by atoms with van der Waals surface area (Å²) in [5.74, 6) is 0.0469. The largest absolute Gasteiger partial charge is 0.351 e. The van der Waals surface area contributed by atoms with Gasteiger partial charge in [-0.3, -0.25) is 10.5 Å². The summed E-state index contributed by atoms with van der Waals surface area (Å²) >= 11 is 8.52. The number of hydrogen-bond acceptors (Lipinski definition) is 6. The lowest BCUT2D eigenvalue weighted by Gasteiger charge is -2.09. The van der Waals surface area contributed by atoms with Crippen molar-refractivity contribution in [3.05, 3.63) is 63.5 Å². The number of nitriles is 2. The monoisotopic (exact) mass is 440 g/mol. The predicted molar refractivity (Wildman–Crippen MR) is 114 cm³/mol. The second-order valence-corrected chi connectivity index (χ2v) is 8.26. The Labute approximate surface area is 180 Å². The van der Waals surface area contributed by atoms with Crippen LogP contribution in [-0.2, 0) is 11.3 Å². The topological polar surface area (TPSA) is 117 Å². The number of aromatic amines is 1. The molecule has 0 saturated heterocycles. The maximum Gasteiger partial charge on any atom is 0.289 e. The predicted octanol–water partition coefficient (Wildman–Crippen LogP) is 3.62. The smallest absolute Gasteiger partial charge is 0.289 e. The standard InChI is InChI=1S/C20H14ClN5OS2/c21-13-4-1-3-12(7-13)10-25-17(27)11-29-20-15(9-23)18(16-5-2-6-28-16)14(8-22)19(24)26-20/h1-7H,10-11H2,(H2,24,26)(H,25,27)/p+1. The van der Waals surface area contributed by atoms with Crippen LogP contribution in [0.2, 0.25) is 5.02 Å². The number of nitrogen functional groups attached to an aromatic ring is 1. The quantitative estimate of drug-likeness (QED) is 0.567. The van der Waals surface area contributed by atoms with Crippen molar-refractivity contribution in [1.82, 2.24) is 5.32 Å².